The Labute approximate surface area is 119 Å². The van der Waals surface area contributed by atoms with Crippen molar-refractivity contribution in [3.63, 3.8) is 0 Å². The summed E-state index contributed by atoms with van der Waals surface area (Å²) in [7, 11) is 0. The Kier molecular flexibility index (Phi) is 3.03. The van der Waals surface area contributed by atoms with Crippen LogP contribution >= 0.6 is 15.9 Å². The topological polar surface area (TPSA) is 35.1 Å². The summed E-state index contributed by atoms with van der Waals surface area (Å²) in [5, 5.41) is 1.12. The third kappa shape index (κ3) is 2.02. The summed E-state index contributed by atoms with van der Waals surface area (Å²) in [5.41, 5.74) is 2.09. The molecule has 0 saturated heterocycles. The number of halogens is 1. The lowest BCUT2D eigenvalue weighted by atomic mass is 10.2. The summed E-state index contributed by atoms with van der Waals surface area (Å²) in [6.07, 6.45) is 1.52. The highest BCUT2D eigenvalue weighted by Crippen LogP contribution is 2.30. The van der Waals surface area contributed by atoms with Crippen molar-refractivity contribution >= 4 is 32.6 Å². The molecule has 2 heterocycles. The highest BCUT2D eigenvalue weighted by Gasteiger charge is 2.16. The molecule has 0 bridgehead atoms. The van der Waals surface area contributed by atoms with Crippen molar-refractivity contribution in [1.29, 1.82) is 0 Å². The van der Waals surface area contributed by atoms with Gasteiger partial charge in [0.25, 0.3) is 0 Å². The largest absolute Gasteiger partial charge is 0.461 e. The van der Waals surface area contributed by atoms with Crippen LogP contribution in [-0.4, -0.2) is 10.4 Å². The quantitative estimate of drug-likeness (QED) is 0.679. The maximum atomic E-state index is 12.2. The summed E-state index contributed by atoms with van der Waals surface area (Å²) in [5.74, 6) is 0.370. The van der Waals surface area contributed by atoms with Crippen molar-refractivity contribution in [2.24, 2.45) is 0 Å². The molecule has 0 unspecified atom stereocenters. The van der Waals surface area contributed by atoms with Gasteiger partial charge in [0.05, 0.1) is 12.8 Å². The summed E-state index contributed by atoms with van der Waals surface area (Å²) < 4.78 is 8.19. The molecule has 19 heavy (non-hydrogen) atoms. The van der Waals surface area contributed by atoms with E-state index in [0.717, 1.165) is 21.1 Å². The van der Waals surface area contributed by atoms with E-state index in [2.05, 4.69) is 15.9 Å². The predicted molar refractivity (Wildman–Crippen MR) is 77.4 cm³/mol. The Bertz CT molecular complexity index is 741. The molecule has 3 aromatic rings. The van der Waals surface area contributed by atoms with Gasteiger partial charge in [0.15, 0.2) is 5.76 Å². The minimum absolute atomic E-state index is 0.0265. The van der Waals surface area contributed by atoms with Gasteiger partial charge in [-0.2, -0.15) is 0 Å². The van der Waals surface area contributed by atoms with Gasteiger partial charge in [0.2, 0.25) is 5.78 Å². The van der Waals surface area contributed by atoms with E-state index in [-0.39, 0.29) is 12.3 Å². The van der Waals surface area contributed by atoms with Crippen LogP contribution in [-0.2, 0) is 6.54 Å². The second kappa shape index (κ2) is 4.70. The number of ketones is 1. The number of nitrogens with zero attached hydrogens (tertiary/aromatic N) is 1. The van der Waals surface area contributed by atoms with Crippen LogP contribution in [0.15, 0.2) is 51.6 Å². The number of furan rings is 1. The first-order valence-corrected chi connectivity index (χ1v) is 6.78. The van der Waals surface area contributed by atoms with E-state index < -0.39 is 0 Å². The van der Waals surface area contributed by atoms with Crippen LogP contribution in [0.2, 0.25) is 0 Å². The van der Waals surface area contributed by atoms with Crippen molar-refractivity contribution in [1.82, 2.24) is 4.57 Å². The molecule has 3 nitrogen and oxygen atoms in total. The molecule has 0 aliphatic heterocycles. The van der Waals surface area contributed by atoms with Gasteiger partial charge in [0, 0.05) is 21.1 Å². The first-order chi connectivity index (χ1) is 9.18. The number of benzene rings is 1. The fourth-order valence-electron chi connectivity index (χ4n) is 2.25. The van der Waals surface area contributed by atoms with Gasteiger partial charge in [-0.1, -0.05) is 18.2 Å². The highest BCUT2D eigenvalue weighted by atomic mass is 79.9. The average molecular weight is 318 g/mol. The number of hydrogen-bond acceptors (Lipinski definition) is 2. The van der Waals surface area contributed by atoms with Gasteiger partial charge >= 0.3 is 0 Å². The first-order valence-electron chi connectivity index (χ1n) is 5.98. The van der Waals surface area contributed by atoms with Crippen LogP contribution in [0.5, 0.6) is 0 Å². The zero-order chi connectivity index (χ0) is 13.4. The van der Waals surface area contributed by atoms with Crippen LogP contribution in [0.3, 0.4) is 0 Å². The molecule has 0 amide bonds. The monoisotopic (exact) mass is 317 g/mol. The van der Waals surface area contributed by atoms with E-state index in [1.165, 1.54) is 6.26 Å². The van der Waals surface area contributed by atoms with Crippen LogP contribution in [0.4, 0.5) is 0 Å². The van der Waals surface area contributed by atoms with Crippen LogP contribution in [0, 0.1) is 6.92 Å². The third-order valence-corrected chi connectivity index (χ3v) is 4.25. The minimum atomic E-state index is -0.0265. The standard InChI is InChI=1S/C15H12BrNO2/c1-10-15(16)11-5-2-3-6-12(11)17(10)9-13(18)14-7-4-8-19-14/h2-8H,9H2,1H3. The molecular weight excluding hydrogens is 306 g/mol. The number of rotatable bonds is 3. The lowest BCUT2D eigenvalue weighted by Crippen LogP contribution is -2.10. The number of para-hydroxylation sites is 1. The number of carbonyl (C=O) groups is 1. The third-order valence-electron chi connectivity index (χ3n) is 3.25. The fourth-order valence-corrected chi connectivity index (χ4v) is 2.80. The Hall–Kier alpha value is -1.81. The molecule has 0 fully saturated rings. The molecular formula is C15H12BrNO2. The summed E-state index contributed by atoms with van der Waals surface area (Å²) >= 11 is 3.58. The molecule has 0 radical (unpaired) electrons. The number of Topliss-reactive ketones (excluding diaryl/α,β-unsaturated/α-hetero) is 1. The average Bonchev–Trinajstić information content (AvgIpc) is 3.03. The van der Waals surface area contributed by atoms with Gasteiger partial charge in [-0.25, -0.2) is 0 Å². The molecule has 0 N–H and O–H groups in total. The number of fused-ring (bicyclic) bond motifs is 1. The summed E-state index contributed by atoms with van der Waals surface area (Å²) in [4.78, 5) is 12.2. The lowest BCUT2D eigenvalue weighted by Gasteiger charge is -2.06. The van der Waals surface area contributed by atoms with Gasteiger partial charge in [-0.05, 0) is 41.1 Å². The van der Waals surface area contributed by atoms with E-state index in [9.17, 15) is 4.79 Å². The molecule has 3 rings (SSSR count). The maximum Gasteiger partial charge on any atom is 0.217 e. The van der Waals surface area contributed by atoms with Crippen LogP contribution < -0.4 is 0 Å². The molecule has 96 valence electrons. The molecule has 0 spiro atoms. The van der Waals surface area contributed by atoms with E-state index in [1.54, 1.807) is 12.1 Å². The zero-order valence-corrected chi connectivity index (χ0v) is 12.0. The van der Waals surface area contributed by atoms with Crippen molar-refractivity contribution in [3.05, 3.63) is 58.6 Å². The van der Waals surface area contributed by atoms with Crippen molar-refractivity contribution in [2.45, 2.75) is 13.5 Å². The molecule has 2 aromatic heterocycles. The SMILES string of the molecule is Cc1c(Br)c2ccccc2n1CC(=O)c1ccco1. The van der Waals surface area contributed by atoms with E-state index in [4.69, 9.17) is 4.42 Å². The number of hydrogen-bond donors (Lipinski definition) is 0. The lowest BCUT2D eigenvalue weighted by molar-refractivity contribution is 0.0946. The van der Waals surface area contributed by atoms with E-state index >= 15 is 0 Å². The number of carbonyl (C=O) groups excluding carboxylic acids is 1. The molecule has 0 aliphatic rings. The maximum absolute atomic E-state index is 12.2. The summed E-state index contributed by atoms with van der Waals surface area (Å²) in [6.45, 7) is 2.28. The van der Waals surface area contributed by atoms with Crippen LogP contribution in [0.25, 0.3) is 10.9 Å². The number of aromatic nitrogens is 1. The molecule has 4 heteroatoms. The molecule has 1 aromatic carbocycles. The van der Waals surface area contributed by atoms with Crippen molar-refractivity contribution in [2.75, 3.05) is 0 Å². The van der Waals surface area contributed by atoms with Gasteiger partial charge in [-0.15, -0.1) is 0 Å². The molecule has 0 saturated carbocycles. The molecule has 0 atom stereocenters. The van der Waals surface area contributed by atoms with Gasteiger partial charge < -0.3 is 8.98 Å². The minimum Gasteiger partial charge on any atom is -0.461 e. The Morgan fingerprint density at radius 3 is 2.79 bits per heavy atom. The fraction of sp³-hybridized carbons (Fsp3) is 0.133. The Morgan fingerprint density at radius 2 is 2.05 bits per heavy atom. The normalized spacial score (nSPS) is 11.1. The van der Waals surface area contributed by atoms with Crippen molar-refractivity contribution < 1.29 is 9.21 Å². The van der Waals surface area contributed by atoms with Crippen LogP contribution in [0.1, 0.15) is 16.2 Å². The summed E-state index contributed by atoms with van der Waals surface area (Å²) in [6, 6.07) is 11.4. The van der Waals surface area contributed by atoms with Gasteiger partial charge in [0.1, 0.15) is 0 Å². The van der Waals surface area contributed by atoms with E-state index in [1.807, 2.05) is 35.8 Å². The second-order valence-corrected chi connectivity index (χ2v) is 5.20. The highest BCUT2D eigenvalue weighted by molar-refractivity contribution is 9.10. The Balaban J connectivity index is 2.06. The van der Waals surface area contributed by atoms with Crippen molar-refractivity contribution in [3.8, 4) is 0 Å². The first kappa shape index (κ1) is 12.2. The smallest absolute Gasteiger partial charge is 0.217 e. The Morgan fingerprint density at radius 1 is 1.26 bits per heavy atom. The molecule has 0 aliphatic carbocycles. The predicted octanol–water partition coefficient (Wildman–Crippen LogP) is 4.19. The van der Waals surface area contributed by atoms with Gasteiger partial charge in [-0.3, -0.25) is 4.79 Å². The van der Waals surface area contributed by atoms with E-state index in [0.29, 0.717) is 5.76 Å². The zero-order valence-electron chi connectivity index (χ0n) is 10.4. The second-order valence-electron chi connectivity index (χ2n) is 4.40.